The fourth-order valence-electron chi connectivity index (χ4n) is 4.07. The molecule has 4 nitrogen and oxygen atoms in total. The number of thioether (sulfide) groups is 1. The molecule has 172 valence electrons. The fourth-order valence-corrected chi connectivity index (χ4v) is 5.26. The van der Waals surface area contributed by atoms with Crippen molar-refractivity contribution in [3.63, 3.8) is 0 Å². The molecule has 1 atom stereocenters. The van der Waals surface area contributed by atoms with Crippen LogP contribution in [0.25, 0.3) is 0 Å². The van der Waals surface area contributed by atoms with Crippen LogP contribution in [0, 0.1) is 6.92 Å². The van der Waals surface area contributed by atoms with Crippen LogP contribution >= 0.6 is 23.4 Å². The maximum Gasteiger partial charge on any atom is 0.242 e. The van der Waals surface area contributed by atoms with Crippen molar-refractivity contribution in [1.29, 1.82) is 0 Å². The molecular weight excluding hydrogens is 440 g/mol. The van der Waals surface area contributed by atoms with Gasteiger partial charge >= 0.3 is 0 Å². The van der Waals surface area contributed by atoms with Crippen molar-refractivity contribution in [3.8, 4) is 0 Å². The molecule has 0 unspecified atom stereocenters. The molecule has 0 aromatic heterocycles. The molecule has 0 radical (unpaired) electrons. The number of hydrogen-bond acceptors (Lipinski definition) is 3. The number of benzene rings is 2. The zero-order chi connectivity index (χ0) is 22.9. The standard InChI is InChI=1S/C26H33ClN2O2S/c1-19-10-6-7-11-21(19)16-29(20(2)26(31)28-23-13-4-3-5-14-23)25(30)18-32-17-22-12-8-9-15-24(22)27/h6-12,15,20,23H,3-5,13-14,16-18H2,1-2H3,(H,28,31)/t20-/m1/s1. The number of rotatable bonds is 9. The predicted octanol–water partition coefficient (Wildman–Crippen LogP) is 5.75. The highest BCUT2D eigenvalue weighted by Crippen LogP contribution is 2.22. The van der Waals surface area contributed by atoms with E-state index in [0.29, 0.717) is 23.1 Å². The first-order valence-electron chi connectivity index (χ1n) is 11.4. The lowest BCUT2D eigenvalue weighted by molar-refractivity contribution is -0.139. The van der Waals surface area contributed by atoms with Crippen molar-refractivity contribution >= 4 is 35.2 Å². The molecule has 3 rings (SSSR count). The van der Waals surface area contributed by atoms with Crippen LogP contribution in [0.1, 0.15) is 55.7 Å². The Kier molecular flexibility index (Phi) is 9.49. The number of halogens is 1. The average molecular weight is 473 g/mol. The molecule has 1 N–H and O–H groups in total. The van der Waals surface area contributed by atoms with Gasteiger partial charge in [0.15, 0.2) is 0 Å². The van der Waals surface area contributed by atoms with Gasteiger partial charge in [0.25, 0.3) is 0 Å². The number of carbonyl (C=O) groups excluding carboxylic acids is 2. The van der Waals surface area contributed by atoms with Gasteiger partial charge in [0.05, 0.1) is 5.75 Å². The molecule has 2 aromatic carbocycles. The summed E-state index contributed by atoms with van der Waals surface area (Å²) in [5.74, 6) is 0.872. The van der Waals surface area contributed by atoms with Gasteiger partial charge in [-0.1, -0.05) is 73.3 Å². The Hall–Kier alpha value is -1.98. The molecular formula is C26H33ClN2O2S. The van der Waals surface area contributed by atoms with Gasteiger partial charge in [-0.3, -0.25) is 9.59 Å². The fraction of sp³-hybridized carbons (Fsp3) is 0.462. The monoisotopic (exact) mass is 472 g/mol. The van der Waals surface area contributed by atoms with Crippen LogP contribution in [0.5, 0.6) is 0 Å². The predicted molar refractivity (Wildman–Crippen MR) is 134 cm³/mol. The largest absolute Gasteiger partial charge is 0.352 e. The van der Waals surface area contributed by atoms with Crippen molar-refractivity contribution in [3.05, 3.63) is 70.2 Å². The van der Waals surface area contributed by atoms with Crippen LogP contribution in [-0.4, -0.2) is 34.6 Å². The number of nitrogens with zero attached hydrogens (tertiary/aromatic N) is 1. The van der Waals surface area contributed by atoms with Crippen molar-refractivity contribution < 1.29 is 9.59 Å². The highest BCUT2D eigenvalue weighted by atomic mass is 35.5. The van der Waals surface area contributed by atoms with Gasteiger partial charge in [0.2, 0.25) is 11.8 Å². The van der Waals surface area contributed by atoms with Gasteiger partial charge in [-0.2, -0.15) is 0 Å². The lowest BCUT2D eigenvalue weighted by Gasteiger charge is -2.31. The second kappa shape index (κ2) is 12.3. The zero-order valence-electron chi connectivity index (χ0n) is 19.0. The van der Waals surface area contributed by atoms with Gasteiger partial charge in [0.1, 0.15) is 6.04 Å². The summed E-state index contributed by atoms with van der Waals surface area (Å²) < 4.78 is 0. The molecule has 0 spiro atoms. The van der Waals surface area contributed by atoms with E-state index >= 15 is 0 Å². The Bertz CT molecular complexity index is 914. The maximum absolute atomic E-state index is 13.3. The summed E-state index contributed by atoms with van der Waals surface area (Å²) in [6.07, 6.45) is 5.60. The summed E-state index contributed by atoms with van der Waals surface area (Å²) >= 11 is 7.78. The van der Waals surface area contributed by atoms with E-state index in [1.165, 1.54) is 18.2 Å². The third kappa shape index (κ3) is 7.01. The van der Waals surface area contributed by atoms with Gasteiger partial charge < -0.3 is 10.2 Å². The summed E-state index contributed by atoms with van der Waals surface area (Å²) in [5.41, 5.74) is 3.20. The first kappa shape index (κ1) is 24.7. The lowest BCUT2D eigenvalue weighted by Crippen LogP contribution is -2.50. The number of amides is 2. The lowest BCUT2D eigenvalue weighted by atomic mass is 9.95. The van der Waals surface area contributed by atoms with Gasteiger partial charge in [-0.05, 0) is 49.4 Å². The van der Waals surface area contributed by atoms with E-state index in [9.17, 15) is 9.59 Å². The van der Waals surface area contributed by atoms with E-state index in [0.717, 1.165) is 42.4 Å². The van der Waals surface area contributed by atoms with Crippen molar-refractivity contribution in [2.24, 2.45) is 0 Å². The molecule has 1 fully saturated rings. The zero-order valence-corrected chi connectivity index (χ0v) is 20.6. The van der Waals surface area contributed by atoms with Crippen molar-refractivity contribution in [2.75, 3.05) is 5.75 Å². The van der Waals surface area contributed by atoms with E-state index in [1.54, 1.807) is 4.90 Å². The molecule has 32 heavy (non-hydrogen) atoms. The molecule has 2 aromatic rings. The smallest absolute Gasteiger partial charge is 0.242 e. The number of aryl methyl sites for hydroxylation is 1. The summed E-state index contributed by atoms with van der Waals surface area (Å²) in [7, 11) is 0. The third-order valence-electron chi connectivity index (χ3n) is 6.16. The second-order valence-electron chi connectivity index (χ2n) is 8.55. The van der Waals surface area contributed by atoms with Crippen LogP contribution in [-0.2, 0) is 21.9 Å². The summed E-state index contributed by atoms with van der Waals surface area (Å²) in [6.45, 7) is 4.31. The van der Waals surface area contributed by atoms with Crippen molar-refractivity contribution in [2.45, 2.75) is 70.3 Å². The molecule has 1 saturated carbocycles. The first-order valence-corrected chi connectivity index (χ1v) is 12.9. The Morgan fingerprint density at radius 2 is 1.72 bits per heavy atom. The average Bonchev–Trinajstić information content (AvgIpc) is 2.80. The van der Waals surface area contributed by atoms with Gasteiger partial charge in [-0.15, -0.1) is 11.8 Å². The number of nitrogens with one attached hydrogen (secondary N) is 1. The van der Waals surface area contributed by atoms with E-state index in [-0.39, 0.29) is 17.9 Å². The Balaban J connectivity index is 1.67. The minimum atomic E-state index is -0.523. The van der Waals surface area contributed by atoms with Crippen LogP contribution in [0.15, 0.2) is 48.5 Å². The first-order chi connectivity index (χ1) is 15.5. The molecule has 0 heterocycles. The number of hydrogen-bond donors (Lipinski definition) is 1. The van der Waals surface area contributed by atoms with E-state index in [4.69, 9.17) is 11.6 Å². The molecule has 1 aliphatic carbocycles. The summed E-state index contributed by atoms with van der Waals surface area (Å²) in [4.78, 5) is 28.0. The van der Waals surface area contributed by atoms with E-state index < -0.39 is 6.04 Å². The summed E-state index contributed by atoms with van der Waals surface area (Å²) in [5, 5.41) is 3.90. The highest BCUT2D eigenvalue weighted by molar-refractivity contribution is 7.99. The normalized spacial score (nSPS) is 15.2. The SMILES string of the molecule is Cc1ccccc1CN(C(=O)CSCc1ccccc1Cl)[C@H](C)C(=O)NC1CCCCC1. The molecule has 0 saturated heterocycles. The molecule has 2 amide bonds. The molecule has 0 bridgehead atoms. The Morgan fingerprint density at radius 1 is 1.06 bits per heavy atom. The van der Waals surface area contributed by atoms with Crippen LogP contribution < -0.4 is 5.32 Å². The quantitative estimate of drug-likeness (QED) is 0.505. The maximum atomic E-state index is 13.3. The Labute approximate surface area is 201 Å². The minimum Gasteiger partial charge on any atom is -0.352 e. The third-order valence-corrected chi connectivity index (χ3v) is 7.50. The molecule has 1 aliphatic rings. The second-order valence-corrected chi connectivity index (χ2v) is 9.94. The van der Waals surface area contributed by atoms with Gasteiger partial charge in [0, 0.05) is 23.4 Å². The van der Waals surface area contributed by atoms with Gasteiger partial charge in [-0.25, -0.2) is 0 Å². The van der Waals surface area contributed by atoms with Crippen LogP contribution in [0.4, 0.5) is 0 Å². The minimum absolute atomic E-state index is 0.0309. The highest BCUT2D eigenvalue weighted by Gasteiger charge is 2.28. The van der Waals surface area contributed by atoms with Crippen LogP contribution in [0.3, 0.4) is 0 Å². The molecule has 6 heteroatoms. The van der Waals surface area contributed by atoms with E-state index in [2.05, 4.69) is 5.32 Å². The molecule has 0 aliphatic heterocycles. The Morgan fingerprint density at radius 3 is 2.41 bits per heavy atom. The topological polar surface area (TPSA) is 49.4 Å². The summed E-state index contributed by atoms with van der Waals surface area (Å²) in [6, 6.07) is 15.4. The number of carbonyl (C=O) groups is 2. The van der Waals surface area contributed by atoms with E-state index in [1.807, 2.05) is 62.4 Å². The van der Waals surface area contributed by atoms with Crippen molar-refractivity contribution in [1.82, 2.24) is 10.2 Å². The van der Waals surface area contributed by atoms with Crippen LogP contribution in [0.2, 0.25) is 5.02 Å².